The van der Waals surface area contributed by atoms with E-state index in [0.717, 1.165) is 25.2 Å². The molecule has 0 fully saturated rings. The summed E-state index contributed by atoms with van der Waals surface area (Å²) in [6, 6.07) is 4.39. The molecule has 2 heterocycles. The van der Waals surface area contributed by atoms with E-state index in [0.29, 0.717) is 12.6 Å². The molecular formula is C13H19N5O. The van der Waals surface area contributed by atoms with Gasteiger partial charge in [0.15, 0.2) is 0 Å². The summed E-state index contributed by atoms with van der Waals surface area (Å²) in [5.41, 5.74) is 2.04. The van der Waals surface area contributed by atoms with Crippen LogP contribution in [0.3, 0.4) is 0 Å². The standard InChI is InChI=1S/C13H19N5O/c1-3-6-14-7-11-4-5-12(15-8-11)9-19-13-16-10-18(2)17-13/h4-5,8,10,14H,3,6-7,9H2,1-2H3. The Kier molecular flexibility index (Phi) is 4.85. The molecule has 6 heteroatoms. The molecule has 6 nitrogen and oxygen atoms in total. The molecule has 0 aliphatic carbocycles. The molecule has 0 aliphatic rings. The van der Waals surface area contributed by atoms with Crippen molar-refractivity contribution in [1.29, 1.82) is 0 Å². The molecule has 0 atom stereocenters. The van der Waals surface area contributed by atoms with Gasteiger partial charge in [-0.1, -0.05) is 13.0 Å². The maximum atomic E-state index is 5.43. The Morgan fingerprint density at radius 3 is 2.84 bits per heavy atom. The van der Waals surface area contributed by atoms with E-state index in [2.05, 4.69) is 33.4 Å². The van der Waals surface area contributed by atoms with Gasteiger partial charge in [-0.05, 0) is 24.6 Å². The van der Waals surface area contributed by atoms with Crippen LogP contribution in [0.5, 0.6) is 6.01 Å². The van der Waals surface area contributed by atoms with Crippen LogP contribution in [-0.2, 0) is 20.2 Å². The molecule has 2 aromatic heterocycles. The van der Waals surface area contributed by atoms with Gasteiger partial charge in [0.1, 0.15) is 12.9 Å². The number of rotatable bonds is 7. The molecule has 19 heavy (non-hydrogen) atoms. The van der Waals surface area contributed by atoms with Gasteiger partial charge < -0.3 is 10.1 Å². The molecule has 1 N–H and O–H groups in total. The minimum atomic E-state index is 0.373. The summed E-state index contributed by atoms with van der Waals surface area (Å²) >= 11 is 0. The lowest BCUT2D eigenvalue weighted by Gasteiger charge is -2.04. The summed E-state index contributed by atoms with van der Waals surface area (Å²) in [6.07, 6.45) is 4.61. The largest absolute Gasteiger partial charge is 0.456 e. The summed E-state index contributed by atoms with van der Waals surface area (Å²) in [7, 11) is 1.80. The second kappa shape index (κ2) is 6.84. The van der Waals surface area contributed by atoms with Gasteiger partial charge in [0.2, 0.25) is 0 Å². The monoisotopic (exact) mass is 261 g/mol. The molecule has 0 radical (unpaired) electrons. The highest BCUT2D eigenvalue weighted by atomic mass is 16.5. The highest BCUT2D eigenvalue weighted by Crippen LogP contribution is 2.05. The molecule has 0 bridgehead atoms. The molecule has 0 aliphatic heterocycles. The molecule has 0 spiro atoms. The van der Waals surface area contributed by atoms with Crippen molar-refractivity contribution in [3.63, 3.8) is 0 Å². The van der Waals surface area contributed by atoms with Crippen molar-refractivity contribution in [2.45, 2.75) is 26.5 Å². The lowest BCUT2D eigenvalue weighted by molar-refractivity contribution is 0.275. The van der Waals surface area contributed by atoms with Crippen molar-refractivity contribution in [1.82, 2.24) is 25.1 Å². The number of ether oxygens (including phenoxy) is 1. The zero-order valence-corrected chi connectivity index (χ0v) is 11.3. The van der Waals surface area contributed by atoms with Crippen molar-refractivity contribution < 1.29 is 4.74 Å². The third-order valence-corrected chi connectivity index (χ3v) is 2.57. The van der Waals surface area contributed by atoms with Gasteiger partial charge >= 0.3 is 6.01 Å². The van der Waals surface area contributed by atoms with E-state index in [9.17, 15) is 0 Å². The van der Waals surface area contributed by atoms with Crippen LogP contribution in [0.25, 0.3) is 0 Å². The van der Waals surface area contributed by atoms with Crippen LogP contribution in [0.15, 0.2) is 24.7 Å². The molecule has 0 unspecified atom stereocenters. The number of hydrogen-bond donors (Lipinski definition) is 1. The number of pyridine rings is 1. The molecule has 0 saturated heterocycles. The van der Waals surface area contributed by atoms with E-state index < -0.39 is 0 Å². The summed E-state index contributed by atoms with van der Waals surface area (Å²) in [6.45, 7) is 4.41. The van der Waals surface area contributed by atoms with Crippen LogP contribution in [0.1, 0.15) is 24.6 Å². The topological polar surface area (TPSA) is 64.9 Å². The van der Waals surface area contributed by atoms with Gasteiger partial charge in [-0.2, -0.15) is 4.98 Å². The fourth-order valence-electron chi connectivity index (χ4n) is 1.58. The highest BCUT2D eigenvalue weighted by molar-refractivity contribution is 5.13. The van der Waals surface area contributed by atoms with E-state index in [4.69, 9.17) is 4.74 Å². The third-order valence-electron chi connectivity index (χ3n) is 2.57. The van der Waals surface area contributed by atoms with E-state index in [1.54, 1.807) is 18.1 Å². The van der Waals surface area contributed by atoms with E-state index in [1.165, 1.54) is 5.56 Å². The van der Waals surface area contributed by atoms with Crippen LogP contribution in [0, 0.1) is 0 Å². The Labute approximate surface area is 112 Å². The zero-order valence-electron chi connectivity index (χ0n) is 11.3. The first-order chi connectivity index (χ1) is 9.28. The van der Waals surface area contributed by atoms with Gasteiger partial charge in [0.05, 0.1) is 5.69 Å². The van der Waals surface area contributed by atoms with Crippen molar-refractivity contribution in [2.75, 3.05) is 6.54 Å². The van der Waals surface area contributed by atoms with Gasteiger partial charge in [-0.15, -0.1) is 5.10 Å². The average Bonchev–Trinajstić information content (AvgIpc) is 2.84. The lowest BCUT2D eigenvalue weighted by Crippen LogP contribution is -2.14. The summed E-state index contributed by atoms with van der Waals surface area (Å²) in [5.74, 6) is 0. The lowest BCUT2D eigenvalue weighted by atomic mass is 10.2. The Balaban J connectivity index is 1.81. The fraction of sp³-hybridized carbons (Fsp3) is 0.462. The number of aromatic nitrogens is 4. The second-order valence-electron chi connectivity index (χ2n) is 4.32. The molecular weight excluding hydrogens is 242 g/mol. The Bertz CT molecular complexity index is 494. The minimum absolute atomic E-state index is 0.373. The Morgan fingerprint density at radius 1 is 1.32 bits per heavy atom. The van der Waals surface area contributed by atoms with E-state index >= 15 is 0 Å². The predicted octanol–water partition coefficient (Wildman–Crippen LogP) is 1.29. The summed E-state index contributed by atoms with van der Waals surface area (Å²) < 4.78 is 7.03. The smallest absolute Gasteiger partial charge is 0.335 e. The Morgan fingerprint density at radius 2 is 2.21 bits per heavy atom. The van der Waals surface area contributed by atoms with Gasteiger partial charge in [-0.25, -0.2) is 0 Å². The van der Waals surface area contributed by atoms with Gasteiger partial charge in [0, 0.05) is 19.8 Å². The quantitative estimate of drug-likeness (QED) is 0.761. The first kappa shape index (κ1) is 13.5. The van der Waals surface area contributed by atoms with Crippen LogP contribution < -0.4 is 10.1 Å². The van der Waals surface area contributed by atoms with E-state index in [-0.39, 0.29) is 0 Å². The number of nitrogens with zero attached hydrogens (tertiary/aromatic N) is 4. The molecule has 0 aromatic carbocycles. The number of hydrogen-bond acceptors (Lipinski definition) is 5. The SMILES string of the molecule is CCCNCc1ccc(COc2ncn(C)n2)nc1. The van der Waals surface area contributed by atoms with Crippen molar-refractivity contribution >= 4 is 0 Å². The molecule has 0 saturated carbocycles. The second-order valence-corrected chi connectivity index (χ2v) is 4.32. The van der Waals surface area contributed by atoms with Crippen LogP contribution in [0.4, 0.5) is 0 Å². The minimum Gasteiger partial charge on any atom is -0.456 e. The molecule has 0 amide bonds. The maximum absolute atomic E-state index is 5.43. The fourth-order valence-corrected chi connectivity index (χ4v) is 1.58. The van der Waals surface area contributed by atoms with Gasteiger partial charge in [-0.3, -0.25) is 9.67 Å². The number of aryl methyl sites for hydroxylation is 1. The molecule has 102 valence electrons. The molecule has 2 rings (SSSR count). The predicted molar refractivity (Wildman–Crippen MR) is 71.6 cm³/mol. The highest BCUT2D eigenvalue weighted by Gasteiger charge is 2.01. The van der Waals surface area contributed by atoms with Crippen molar-refractivity contribution in [2.24, 2.45) is 7.05 Å². The number of nitrogens with one attached hydrogen (secondary N) is 1. The average molecular weight is 261 g/mol. The summed E-state index contributed by atoms with van der Waals surface area (Å²) in [5, 5.41) is 7.38. The van der Waals surface area contributed by atoms with Gasteiger partial charge in [0.25, 0.3) is 0 Å². The molecule has 2 aromatic rings. The van der Waals surface area contributed by atoms with Crippen molar-refractivity contribution in [3.8, 4) is 6.01 Å². The Hall–Kier alpha value is -1.95. The van der Waals surface area contributed by atoms with E-state index in [1.807, 2.05) is 12.3 Å². The third kappa shape index (κ3) is 4.33. The maximum Gasteiger partial charge on any atom is 0.335 e. The first-order valence-corrected chi connectivity index (χ1v) is 6.41. The summed E-state index contributed by atoms with van der Waals surface area (Å²) in [4.78, 5) is 8.34. The van der Waals surface area contributed by atoms with Crippen LogP contribution in [0.2, 0.25) is 0 Å². The van der Waals surface area contributed by atoms with Crippen LogP contribution in [-0.4, -0.2) is 26.3 Å². The first-order valence-electron chi connectivity index (χ1n) is 6.41. The van der Waals surface area contributed by atoms with Crippen LogP contribution >= 0.6 is 0 Å². The van der Waals surface area contributed by atoms with Crippen molar-refractivity contribution in [3.05, 3.63) is 35.9 Å². The zero-order chi connectivity index (χ0) is 13.5. The normalized spacial score (nSPS) is 10.6.